The summed E-state index contributed by atoms with van der Waals surface area (Å²) in [6, 6.07) is 3.95. The molecule has 1 saturated heterocycles. The highest BCUT2D eigenvalue weighted by Gasteiger charge is 2.12. The molecule has 0 spiro atoms. The number of hydrogen-bond donors (Lipinski definition) is 3. The number of aromatic amines is 1. The number of nitrogens with zero attached hydrogens (tertiary/aromatic N) is 3. The third kappa shape index (κ3) is 2.43. The lowest BCUT2D eigenvalue weighted by Crippen LogP contribution is -2.43. The monoisotopic (exact) mass is 244 g/mol. The van der Waals surface area contributed by atoms with Crippen molar-refractivity contribution in [2.75, 3.05) is 36.4 Å². The Balaban J connectivity index is 1.76. The molecule has 3 N–H and O–H groups in total. The molecule has 0 bridgehead atoms. The zero-order valence-corrected chi connectivity index (χ0v) is 10.1. The smallest absolute Gasteiger partial charge is 0.135 e. The molecule has 0 aromatic carbocycles. The van der Waals surface area contributed by atoms with E-state index in [-0.39, 0.29) is 0 Å². The summed E-state index contributed by atoms with van der Waals surface area (Å²) in [5, 5.41) is 6.57. The van der Waals surface area contributed by atoms with Crippen LogP contribution in [0.2, 0.25) is 0 Å². The lowest BCUT2D eigenvalue weighted by molar-refractivity contribution is 0.584. The SMILES string of the molecule is c1nc(Nc2cc[nH]c2)cc(N2CCNCC2)n1. The Labute approximate surface area is 105 Å². The van der Waals surface area contributed by atoms with Gasteiger partial charge in [-0.15, -0.1) is 0 Å². The van der Waals surface area contributed by atoms with Gasteiger partial charge in [0.2, 0.25) is 0 Å². The van der Waals surface area contributed by atoms with E-state index in [0.717, 1.165) is 43.5 Å². The molecule has 0 atom stereocenters. The number of hydrogen-bond acceptors (Lipinski definition) is 5. The Bertz CT molecular complexity index is 489. The van der Waals surface area contributed by atoms with Gasteiger partial charge >= 0.3 is 0 Å². The molecule has 1 fully saturated rings. The van der Waals surface area contributed by atoms with Crippen molar-refractivity contribution < 1.29 is 0 Å². The molecule has 0 saturated carbocycles. The fourth-order valence-corrected chi connectivity index (χ4v) is 2.03. The Morgan fingerprint density at radius 1 is 1.22 bits per heavy atom. The van der Waals surface area contributed by atoms with Gasteiger partial charge in [-0.1, -0.05) is 0 Å². The number of piperazine rings is 1. The van der Waals surface area contributed by atoms with Crippen LogP contribution in [0.5, 0.6) is 0 Å². The van der Waals surface area contributed by atoms with E-state index in [9.17, 15) is 0 Å². The Morgan fingerprint density at radius 3 is 2.89 bits per heavy atom. The molecular formula is C12H16N6. The first-order chi connectivity index (χ1) is 8.92. The van der Waals surface area contributed by atoms with Crippen LogP contribution < -0.4 is 15.5 Å². The molecule has 2 aromatic rings. The van der Waals surface area contributed by atoms with Crippen molar-refractivity contribution in [3.63, 3.8) is 0 Å². The Hall–Kier alpha value is -2.08. The average molecular weight is 244 g/mol. The molecule has 0 unspecified atom stereocenters. The van der Waals surface area contributed by atoms with Gasteiger partial charge in [0.25, 0.3) is 0 Å². The van der Waals surface area contributed by atoms with Crippen molar-refractivity contribution in [1.82, 2.24) is 20.3 Å². The predicted molar refractivity (Wildman–Crippen MR) is 71.2 cm³/mol. The van der Waals surface area contributed by atoms with Crippen molar-refractivity contribution in [2.45, 2.75) is 0 Å². The number of aromatic nitrogens is 3. The van der Waals surface area contributed by atoms with E-state index in [1.807, 2.05) is 24.5 Å². The minimum absolute atomic E-state index is 0.818. The van der Waals surface area contributed by atoms with Gasteiger partial charge in [0.15, 0.2) is 0 Å². The summed E-state index contributed by atoms with van der Waals surface area (Å²) >= 11 is 0. The third-order valence-electron chi connectivity index (χ3n) is 2.96. The van der Waals surface area contributed by atoms with E-state index < -0.39 is 0 Å². The summed E-state index contributed by atoms with van der Waals surface area (Å²) < 4.78 is 0. The maximum Gasteiger partial charge on any atom is 0.135 e. The van der Waals surface area contributed by atoms with Gasteiger partial charge < -0.3 is 20.5 Å². The van der Waals surface area contributed by atoms with Crippen LogP contribution >= 0.6 is 0 Å². The van der Waals surface area contributed by atoms with Gasteiger partial charge in [-0.3, -0.25) is 0 Å². The van der Waals surface area contributed by atoms with Gasteiger partial charge in [0.1, 0.15) is 18.0 Å². The van der Waals surface area contributed by atoms with Crippen LogP contribution in [0.1, 0.15) is 0 Å². The molecule has 6 heteroatoms. The second-order valence-corrected chi connectivity index (χ2v) is 4.22. The van der Waals surface area contributed by atoms with Crippen LogP contribution in [0.25, 0.3) is 0 Å². The maximum absolute atomic E-state index is 4.33. The van der Waals surface area contributed by atoms with E-state index in [1.54, 1.807) is 6.33 Å². The number of H-pyrrole nitrogens is 1. The van der Waals surface area contributed by atoms with Crippen LogP contribution in [0.3, 0.4) is 0 Å². The predicted octanol–water partition coefficient (Wildman–Crippen LogP) is 0.958. The first-order valence-corrected chi connectivity index (χ1v) is 6.09. The van der Waals surface area contributed by atoms with Crippen molar-refractivity contribution >= 4 is 17.3 Å². The molecule has 18 heavy (non-hydrogen) atoms. The molecule has 6 nitrogen and oxygen atoms in total. The summed E-state index contributed by atoms with van der Waals surface area (Å²) in [6.45, 7) is 3.98. The highest BCUT2D eigenvalue weighted by Crippen LogP contribution is 2.18. The molecule has 1 aliphatic rings. The maximum atomic E-state index is 4.33. The van der Waals surface area contributed by atoms with Gasteiger partial charge in [-0.2, -0.15) is 0 Å². The topological polar surface area (TPSA) is 68.9 Å². The number of nitrogens with one attached hydrogen (secondary N) is 3. The van der Waals surface area contributed by atoms with Gasteiger partial charge in [0, 0.05) is 44.6 Å². The molecular weight excluding hydrogens is 228 g/mol. The van der Waals surface area contributed by atoms with Gasteiger partial charge in [-0.25, -0.2) is 9.97 Å². The van der Waals surface area contributed by atoms with E-state index in [2.05, 4.69) is 30.5 Å². The fourth-order valence-electron chi connectivity index (χ4n) is 2.03. The normalized spacial score (nSPS) is 15.7. The standard InChI is InChI=1S/C12H16N6/c1-2-14-8-10(1)17-11-7-12(16-9-15-11)18-5-3-13-4-6-18/h1-2,7-9,13-14H,3-6H2,(H,15,16,17). The van der Waals surface area contributed by atoms with Crippen molar-refractivity contribution in [3.8, 4) is 0 Å². The largest absolute Gasteiger partial charge is 0.366 e. The second kappa shape index (κ2) is 5.05. The van der Waals surface area contributed by atoms with Crippen molar-refractivity contribution in [1.29, 1.82) is 0 Å². The van der Waals surface area contributed by atoms with E-state index >= 15 is 0 Å². The van der Waals surface area contributed by atoms with Crippen molar-refractivity contribution in [3.05, 3.63) is 30.9 Å². The van der Waals surface area contributed by atoms with Crippen LogP contribution in [0.4, 0.5) is 17.3 Å². The molecule has 3 rings (SSSR count). The van der Waals surface area contributed by atoms with Crippen LogP contribution in [-0.2, 0) is 0 Å². The number of rotatable bonds is 3. The first kappa shape index (κ1) is 11.0. The zero-order valence-electron chi connectivity index (χ0n) is 10.1. The molecule has 0 amide bonds. The first-order valence-electron chi connectivity index (χ1n) is 6.09. The van der Waals surface area contributed by atoms with Crippen LogP contribution in [0, 0.1) is 0 Å². The molecule has 0 aliphatic carbocycles. The number of anilines is 3. The van der Waals surface area contributed by atoms with Gasteiger partial charge in [-0.05, 0) is 6.07 Å². The molecule has 1 aliphatic heterocycles. The second-order valence-electron chi connectivity index (χ2n) is 4.22. The van der Waals surface area contributed by atoms with E-state index in [4.69, 9.17) is 0 Å². The summed E-state index contributed by atoms with van der Waals surface area (Å²) in [4.78, 5) is 13.8. The van der Waals surface area contributed by atoms with Crippen molar-refractivity contribution in [2.24, 2.45) is 0 Å². The highest BCUT2D eigenvalue weighted by molar-refractivity contribution is 5.58. The molecule has 0 radical (unpaired) electrons. The fraction of sp³-hybridized carbons (Fsp3) is 0.333. The highest BCUT2D eigenvalue weighted by atomic mass is 15.2. The molecule has 2 aromatic heterocycles. The summed E-state index contributed by atoms with van der Waals surface area (Å²) in [5.41, 5.74) is 1.000. The zero-order chi connectivity index (χ0) is 12.2. The third-order valence-corrected chi connectivity index (χ3v) is 2.96. The average Bonchev–Trinajstić information content (AvgIpc) is 2.93. The molecule has 3 heterocycles. The van der Waals surface area contributed by atoms with E-state index in [0.29, 0.717) is 0 Å². The minimum atomic E-state index is 0.818. The van der Waals surface area contributed by atoms with Crippen LogP contribution in [0.15, 0.2) is 30.9 Å². The van der Waals surface area contributed by atoms with E-state index in [1.165, 1.54) is 0 Å². The quantitative estimate of drug-likeness (QED) is 0.750. The van der Waals surface area contributed by atoms with Crippen LogP contribution in [-0.4, -0.2) is 41.1 Å². The lowest BCUT2D eigenvalue weighted by atomic mass is 10.3. The minimum Gasteiger partial charge on any atom is -0.366 e. The summed E-state index contributed by atoms with van der Waals surface area (Å²) in [5.74, 6) is 1.79. The van der Waals surface area contributed by atoms with Gasteiger partial charge in [0.05, 0.1) is 5.69 Å². The Kier molecular flexibility index (Phi) is 3.10. The lowest BCUT2D eigenvalue weighted by Gasteiger charge is -2.28. The summed E-state index contributed by atoms with van der Waals surface area (Å²) in [7, 11) is 0. The molecule has 94 valence electrons. The summed E-state index contributed by atoms with van der Waals surface area (Å²) in [6.07, 6.45) is 5.37. The Morgan fingerprint density at radius 2 is 2.11 bits per heavy atom.